The molecule has 0 bridgehead atoms. The highest BCUT2D eigenvalue weighted by molar-refractivity contribution is 5.92. The van der Waals surface area contributed by atoms with Crippen LogP contribution >= 0.6 is 0 Å². The quantitative estimate of drug-likeness (QED) is 0.884. The molecular formula is C12H15N3O5. The summed E-state index contributed by atoms with van der Waals surface area (Å²) < 4.78 is 9.51. The van der Waals surface area contributed by atoms with Crippen molar-refractivity contribution >= 4 is 11.9 Å². The smallest absolute Gasteiger partial charge is 0.358 e. The average molecular weight is 281 g/mol. The van der Waals surface area contributed by atoms with Gasteiger partial charge in [-0.25, -0.2) is 14.8 Å². The summed E-state index contributed by atoms with van der Waals surface area (Å²) in [6.45, 7) is 3.26. The Labute approximate surface area is 115 Å². The van der Waals surface area contributed by atoms with Crippen molar-refractivity contribution in [3.05, 3.63) is 35.7 Å². The summed E-state index contributed by atoms with van der Waals surface area (Å²) in [7, 11) is 3.35. The van der Waals surface area contributed by atoms with Gasteiger partial charge in [0.1, 0.15) is 11.5 Å². The molecule has 0 aliphatic carbocycles. The van der Waals surface area contributed by atoms with E-state index in [1.165, 1.54) is 11.3 Å². The molecule has 1 amide bonds. The van der Waals surface area contributed by atoms with Gasteiger partial charge in [-0.2, -0.15) is 0 Å². The summed E-state index contributed by atoms with van der Waals surface area (Å²) in [6, 6.07) is 0. The molecule has 0 fully saturated rings. The lowest BCUT2D eigenvalue weighted by molar-refractivity contribution is 0.0689. The molecule has 8 nitrogen and oxygen atoms in total. The van der Waals surface area contributed by atoms with Gasteiger partial charge in [0.25, 0.3) is 5.91 Å². The summed E-state index contributed by atoms with van der Waals surface area (Å²) in [4.78, 5) is 30.1. The maximum atomic E-state index is 11.2. The van der Waals surface area contributed by atoms with Crippen molar-refractivity contribution in [1.82, 2.24) is 14.9 Å². The van der Waals surface area contributed by atoms with Gasteiger partial charge < -0.3 is 18.8 Å². The average Bonchev–Trinajstić information content (AvgIpc) is 2.97. The lowest BCUT2D eigenvalue weighted by Gasteiger charge is -2.06. The first-order valence-corrected chi connectivity index (χ1v) is 5.59. The predicted octanol–water partition coefficient (Wildman–Crippen LogP) is 1.37. The van der Waals surface area contributed by atoms with Crippen molar-refractivity contribution in [2.75, 3.05) is 14.1 Å². The second-order valence-corrected chi connectivity index (χ2v) is 4.02. The van der Waals surface area contributed by atoms with E-state index in [1.54, 1.807) is 27.9 Å². The van der Waals surface area contributed by atoms with Crippen LogP contribution in [0, 0.1) is 13.8 Å². The molecular weight excluding hydrogens is 266 g/mol. The van der Waals surface area contributed by atoms with Gasteiger partial charge >= 0.3 is 5.97 Å². The highest BCUT2D eigenvalue weighted by Gasteiger charge is 2.14. The molecule has 0 radical (unpaired) electrons. The van der Waals surface area contributed by atoms with Gasteiger partial charge in [-0.05, 0) is 13.8 Å². The number of aryl methyl sites for hydroxylation is 2. The molecule has 8 heteroatoms. The predicted molar refractivity (Wildman–Crippen MR) is 67.5 cm³/mol. The maximum Gasteiger partial charge on any atom is 0.358 e. The number of rotatable bonds is 2. The van der Waals surface area contributed by atoms with E-state index in [0.717, 1.165) is 6.39 Å². The zero-order chi connectivity index (χ0) is 15.3. The Hall–Kier alpha value is -2.64. The number of oxazole rings is 2. The first-order chi connectivity index (χ1) is 9.34. The Balaban J connectivity index is 0.000000204. The molecule has 0 atom stereocenters. The molecule has 0 aliphatic heterocycles. The van der Waals surface area contributed by atoms with Crippen molar-refractivity contribution in [1.29, 1.82) is 0 Å². The number of amides is 1. The van der Waals surface area contributed by atoms with E-state index in [2.05, 4.69) is 14.4 Å². The van der Waals surface area contributed by atoms with Crippen LogP contribution in [0.3, 0.4) is 0 Å². The minimum absolute atomic E-state index is 0.0185. The van der Waals surface area contributed by atoms with E-state index < -0.39 is 5.97 Å². The molecule has 2 aromatic heterocycles. The second-order valence-electron chi connectivity index (χ2n) is 4.02. The molecule has 108 valence electrons. The van der Waals surface area contributed by atoms with Gasteiger partial charge in [0.2, 0.25) is 0 Å². The van der Waals surface area contributed by atoms with Crippen molar-refractivity contribution in [2.45, 2.75) is 13.8 Å². The normalized spacial score (nSPS) is 9.60. The number of aromatic nitrogens is 2. The fraction of sp³-hybridized carbons (Fsp3) is 0.333. The zero-order valence-electron chi connectivity index (χ0n) is 11.6. The summed E-state index contributed by atoms with van der Waals surface area (Å²) in [5.41, 5.74) is 0.366. The third-order valence-corrected chi connectivity index (χ3v) is 2.30. The van der Waals surface area contributed by atoms with Crippen LogP contribution in [0.4, 0.5) is 0 Å². The number of carbonyl (C=O) groups excluding carboxylic acids is 1. The Morgan fingerprint density at radius 2 is 1.50 bits per heavy atom. The molecule has 0 saturated heterocycles. The molecule has 2 rings (SSSR count). The van der Waals surface area contributed by atoms with Crippen LogP contribution in [0.2, 0.25) is 0 Å². The highest BCUT2D eigenvalue weighted by atomic mass is 16.4. The molecule has 0 spiro atoms. The molecule has 2 aromatic rings. The van der Waals surface area contributed by atoms with E-state index >= 15 is 0 Å². The van der Waals surface area contributed by atoms with E-state index in [0.29, 0.717) is 17.2 Å². The number of carbonyl (C=O) groups is 2. The van der Waals surface area contributed by atoms with E-state index in [-0.39, 0.29) is 11.6 Å². The van der Waals surface area contributed by atoms with Gasteiger partial charge in [-0.1, -0.05) is 0 Å². The van der Waals surface area contributed by atoms with E-state index in [9.17, 15) is 9.59 Å². The second kappa shape index (κ2) is 6.50. The fourth-order valence-electron chi connectivity index (χ4n) is 1.23. The fourth-order valence-corrected chi connectivity index (χ4v) is 1.23. The zero-order valence-corrected chi connectivity index (χ0v) is 11.6. The monoisotopic (exact) mass is 281 g/mol. The van der Waals surface area contributed by atoms with Crippen LogP contribution in [0.15, 0.2) is 21.6 Å². The van der Waals surface area contributed by atoms with Gasteiger partial charge in [0, 0.05) is 14.1 Å². The number of aromatic carboxylic acids is 1. The van der Waals surface area contributed by atoms with Crippen molar-refractivity contribution < 1.29 is 23.5 Å². The molecule has 0 aliphatic rings. The van der Waals surface area contributed by atoms with Crippen molar-refractivity contribution in [2.24, 2.45) is 0 Å². The Kier molecular flexibility index (Phi) is 5.01. The standard InChI is InChI=1S/C7H10N2O2.C5H5NO3/c1-5-6(8-4-11-5)7(10)9(2)3;1-3-4(5(7)8)6-2-9-3/h4H,1-3H3;2H,1H3,(H,7,8). The summed E-state index contributed by atoms with van der Waals surface area (Å²) in [6.07, 6.45) is 2.38. The highest BCUT2D eigenvalue weighted by Crippen LogP contribution is 2.05. The number of carboxylic acid groups (broad SMARTS) is 1. The van der Waals surface area contributed by atoms with Crippen molar-refractivity contribution in [3.8, 4) is 0 Å². The minimum atomic E-state index is -1.05. The molecule has 0 aromatic carbocycles. The third-order valence-electron chi connectivity index (χ3n) is 2.30. The van der Waals surface area contributed by atoms with E-state index in [4.69, 9.17) is 9.52 Å². The van der Waals surface area contributed by atoms with Gasteiger partial charge in [0.05, 0.1) is 0 Å². The Morgan fingerprint density at radius 1 is 1.05 bits per heavy atom. The molecule has 2 heterocycles. The topological polar surface area (TPSA) is 110 Å². The van der Waals surface area contributed by atoms with Crippen LogP contribution in [0.1, 0.15) is 32.5 Å². The van der Waals surface area contributed by atoms with Crippen molar-refractivity contribution in [3.63, 3.8) is 0 Å². The Bertz CT molecular complexity index is 600. The number of hydrogen-bond donors (Lipinski definition) is 1. The minimum Gasteiger partial charge on any atom is -0.476 e. The van der Waals surface area contributed by atoms with Gasteiger partial charge in [-0.15, -0.1) is 0 Å². The summed E-state index contributed by atoms with van der Waals surface area (Å²) >= 11 is 0. The first kappa shape index (κ1) is 15.4. The lowest BCUT2D eigenvalue weighted by Crippen LogP contribution is -2.22. The number of nitrogens with zero attached hydrogens (tertiary/aromatic N) is 3. The lowest BCUT2D eigenvalue weighted by atomic mass is 10.3. The molecule has 0 unspecified atom stereocenters. The largest absolute Gasteiger partial charge is 0.476 e. The van der Waals surface area contributed by atoms with Crippen LogP contribution in [-0.4, -0.2) is 45.9 Å². The van der Waals surface area contributed by atoms with Crippen LogP contribution in [0.5, 0.6) is 0 Å². The number of hydrogen-bond acceptors (Lipinski definition) is 6. The van der Waals surface area contributed by atoms with Crippen LogP contribution in [0.25, 0.3) is 0 Å². The molecule has 20 heavy (non-hydrogen) atoms. The maximum absolute atomic E-state index is 11.2. The summed E-state index contributed by atoms with van der Waals surface area (Å²) in [5, 5.41) is 8.33. The Morgan fingerprint density at radius 3 is 1.75 bits per heavy atom. The third kappa shape index (κ3) is 3.67. The molecule has 1 N–H and O–H groups in total. The van der Waals surface area contributed by atoms with Gasteiger partial charge in [0.15, 0.2) is 24.2 Å². The van der Waals surface area contributed by atoms with Gasteiger partial charge in [-0.3, -0.25) is 4.79 Å². The number of carboxylic acids is 1. The first-order valence-electron chi connectivity index (χ1n) is 5.59. The van der Waals surface area contributed by atoms with E-state index in [1.807, 2.05) is 0 Å². The summed E-state index contributed by atoms with van der Waals surface area (Å²) in [5.74, 6) is -0.288. The van der Waals surface area contributed by atoms with Crippen LogP contribution in [-0.2, 0) is 0 Å². The SMILES string of the molecule is Cc1ocnc1C(=O)N(C)C.Cc1ocnc1C(=O)O. The molecule has 0 saturated carbocycles. The van der Waals surface area contributed by atoms with Crippen LogP contribution < -0.4 is 0 Å².